The molecule has 0 bridgehead atoms. The minimum atomic E-state index is -0.547. The molecule has 0 radical (unpaired) electrons. The molecule has 1 heterocycles. The average molecular weight is 504 g/mol. The van der Waals surface area contributed by atoms with Crippen molar-refractivity contribution in [1.29, 1.82) is 0 Å². The number of rotatable bonds is 9. The van der Waals surface area contributed by atoms with Gasteiger partial charge in [0.25, 0.3) is 5.69 Å². The number of nitrogens with one attached hydrogen (secondary N) is 1. The zero-order valence-corrected chi connectivity index (χ0v) is 20.0. The van der Waals surface area contributed by atoms with E-state index < -0.39 is 10.9 Å². The zero-order chi connectivity index (χ0) is 25.5. The molecule has 36 heavy (non-hydrogen) atoms. The highest BCUT2D eigenvalue weighted by molar-refractivity contribution is 7.99. The summed E-state index contributed by atoms with van der Waals surface area (Å²) >= 11 is 1.19. The highest BCUT2D eigenvalue weighted by Crippen LogP contribution is 2.27. The van der Waals surface area contributed by atoms with Crippen LogP contribution in [0.1, 0.15) is 15.9 Å². The van der Waals surface area contributed by atoms with Crippen LogP contribution >= 0.6 is 11.8 Å². The molecule has 0 saturated carbocycles. The monoisotopic (exact) mass is 503 g/mol. The molecule has 182 valence electrons. The summed E-state index contributed by atoms with van der Waals surface area (Å²) in [6, 6.07) is 22.3. The van der Waals surface area contributed by atoms with Gasteiger partial charge in [-0.2, -0.15) is 0 Å². The first-order chi connectivity index (χ1) is 17.5. The zero-order valence-electron chi connectivity index (χ0n) is 19.2. The fourth-order valence-electron chi connectivity index (χ4n) is 3.45. The first kappa shape index (κ1) is 24.6. The molecule has 1 aromatic heterocycles. The van der Waals surface area contributed by atoms with Crippen molar-refractivity contribution in [2.75, 3.05) is 18.2 Å². The van der Waals surface area contributed by atoms with Crippen LogP contribution in [0.5, 0.6) is 0 Å². The van der Waals surface area contributed by atoms with Gasteiger partial charge in [-0.3, -0.25) is 19.5 Å². The van der Waals surface area contributed by atoms with Gasteiger partial charge in [-0.1, -0.05) is 54.2 Å². The molecule has 0 aliphatic heterocycles. The highest BCUT2D eigenvalue weighted by atomic mass is 32.2. The molecule has 0 unspecified atom stereocenters. The summed E-state index contributed by atoms with van der Waals surface area (Å²) in [5, 5.41) is 22.8. The van der Waals surface area contributed by atoms with Gasteiger partial charge in [-0.25, -0.2) is 4.79 Å². The topological polar surface area (TPSA) is 129 Å². The number of anilines is 1. The van der Waals surface area contributed by atoms with Gasteiger partial charge in [0.1, 0.15) is 0 Å². The number of carbonyl (C=O) groups excluding carboxylic acids is 2. The van der Waals surface area contributed by atoms with Gasteiger partial charge >= 0.3 is 5.97 Å². The summed E-state index contributed by atoms with van der Waals surface area (Å²) in [7, 11) is 1.28. The van der Waals surface area contributed by atoms with Crippen molar-refractivity contribution in [2.45, 2.75) is 11.7 Å². The quantitative estimate of drug-likeness (QED) is 0.154. The number of aromatic nitrogens is 3. The van der Waals surface area contributed by atoms with E-state index in [1.807, 2.05) is 34.9 Å². The number of methoxy groups -OCH3 is 1. The third kappa shape index (κ3) is 5.76. The number of nitrogens with zero attached hydrogens (tertiary/aromatic N) is 4. The molecule has 0 fully saturated rings. The largest absolute Gasteiger partial charge is 0.465 e. The third-order valence-electron chi connectivity index (χ3n) is 5.18. The van der Waals surface area contributed by atoms with Crippen LogP contribution in [0.25, 0.3) is 11.4 Å². The number of thioether (sulfide) groups is 1. The summed E-state index contributed by atoms with van der Waals surface area (Å²) in [4.78, 5) is 35.2. The number of carbonyl (C=O) groups is 2. The molecule has 1 N–H and O–H groups in total. The van der Waals surface area contributed by atoms with Crippen molar-refractivity contribution < 1.29 is 19.2 Å². The maximum atomic E-state index is 12.7. The molecular formula is C25H21N5O5S. The molecule has 0 aliphatic carbocycles. The standard InChI is InChI=1S/C25H21N5O5S/c1-35-24(32)20-9-5-6-10-21(20)26-22(31)16-36-25-28-27-23(18-11-13-19(14-12-18)30(33)34)29(25)15-17-7-3-2-4-8-17/h2-14H,15-16H2,1H3,(H,26,31). The van der Waals surface area contributed by atoms with Crippen molar-refractivity contribution in [1.82, 2.24) is 14.8 Å². The second-order valence-electron chi connectivity index (χ2n) is 7.56. The summed E-state index contributed by atoms with van der Waals surface area (Å²) < 4.78 is 6.63. The van der Waals surface area contributed by atoms with Crippen molar-refractivity contribution >= 4 is 35.0 Å². The second kappa shape index (κ2) is 11.3. The maximum absolute atomic E-state index is 12.7. The average Bonchev–Trinajstić information content (AvgIpc) is 3.30. The molecule has 3 aromatic carbocycles. The Morgan fingerprint density at radius 3 is 2.39 bits per heavy atom. The Labute approximate surface area is 210 Å². The first-order valence-corrected chi connectivity index (χ1v) is 11.8. The van der Waals surface area contributed by atoms with E-state index in [-0.39, 0.29) is 22.9 Å². The lowest BCUT2D eigenvalue weighted by molar-refractivity contribution is -0.384. The Morgan fingerprint density at radius 2 is 1.69 bits per heavy atom. The molecular weight excluding hydrogens is 482 g/mol. The molecule has 10 nitrogen and oxygen atoms in total. The van der Waals surface area contributed by atoms with Crippen LogP contribution in [-0.2, 0) is 16.1 Å². The van der Waals surface area contributed by atoms with Gasteiger partial charge < -0.3 is 10.1 Å². The lowest BCUT2D eigenvalue weighted by atomic mass is 10.2. The molecule has 0 saturated heterocycles. The van der Waals surface area contributed by atoms with Gasteiger partial charge in [-0.05, 0) is 29.8 Å². The summed E-state index contributed by atoms with van der Waals surface area (Å²) in [6.07, 6.45) is 0. The van der Waals surface area contributed by atoms with E-state index in [9.17, 15) is 19.7 Å². The number of nitro groups is 1. The Morgan fingerprint density at radius 1 is 1.00 bits per heavy atom. The maximum Gasteiger partial charge on any atom is 0.339 e. The summed E-state index contributed by atoms with van der Waals surface area (Å²) in [5.74, 6) is -0.341. The Kier molecular flexibility index (Phi) is 7.71. The third-order valence-corrected chi connectivity index (χ3v) is 6.14. The number of para-hydroxylation sites is 1. The number of ether oxygens (including phenoxy) is 1. The van der Waals surface area contributed by atoms with Crippen LogP contribution in [0.2, 0.25) is 0 Å². The molecule has 0 spiro atoms. The number of hydrogen-bond donors (Lipinski definition) is 1. The second-order valence-corrected chi connectivity index (χ2v) is 8.50. The fourth-order valence-corrected chi connectivity index (χ4v) is 4.18. The predicted molar refractivity (Wildman–Crippen MR) is 135 cm³/mol. The minimum absolute atomic E-state index is 0.0166. The molecule has 0 atom stereocenters. The van der Waals surface area contributed by atoms with Crippen LogP contribution in [0.4, 0.5) is 11.4 Å². The lowest BCUT2D eigenvalue weighted by Crippen LogP contribution is -2.17. The molecule has 0 aliphatic rings. The van der Waals surface area contributed by atoms with E-state index in [1.165, 1.54) is 31.0 Å². The number of benzene rings is 3. The number of nitro benzene ring substituents is 1. The van der Waals surface area contributed by atoms with Crippen LogP contribution in [-0.4, -0.2) is 44.4 Å². The minimum Gasteiger partial charge on any atom is -0.465 e. The Hall–Kier alpha value is -4.51. The fraction of sp³-hybridized carbons (Fsp3) is 0.120. The van der Waals surface area contributed by atoms with Crippen LogP contribution in [0.3, 0.4) is 0 Å². The SMILES string of the molecule is COC(=O)c1ccccc1NC(=O)CSc1nnc(-c2ccc([N+](=O)[O-])cc2)n1Cc1ccccc1. The van der Waals surface area contributed by atoms with E-state index in [4.69, 9.17) is 4.74 Å². The molecule has 4 aromatic rings. The van der Waals surface area contributed by atoms with Crippen LogP contribution < -0.4 is 5.32 Å². The van der Waals surface area contributed by atoms with Crippen molar-refractivity contribution in [2.24, 2.45) is 0 Å². The van der Waals surface area contributed by atoms with Crippen molar-refractivity contribution in [3.63, 3.8) is 0 Å². The molecule has 1 amide bonds. The lowest BCUT2D eigenvalue weighted by Gasteiger charge is -2.11. The van der Waals surface area contributed by atoms with Gasteiger partial charge in [0.2, 0.25) is 5.91 Å². The van der Waals surface area contributed by atoms with Gasteiger partial charge in [0.15, 0.2) is 11.0 Å². The van der Waals surface area contributed by atoms with Gasteiger partial charge in [0.05, 0.1) is 35.6 Å². The predicted octanol–water partition coefficient (Wildman–Crippen LogP) is 4.42. The first-order valence-electron chi connectivity index (χ1n) is 10.8. The summed E-state index contributed by atoms with van der Waals surface area (Å²) in [6.45, 7) is 0.440. The normalized spacial score (nSPS) is 10.6. The van der Waals surface area contributed by atoms with E-state index in [1.54, 1.807) is 36.4 Å². The smallest absolute Gasteiger partial charge is 0.339 e. The number of esters is 1. The van der Waals surface area contributed by atoms with E-state index in [2.05, 4.69) is 15.5 Å². The number of hydrogen-bond acceptors (Lipinski definition) is 8. The summed E-state index contributed by atoms with van der Waals surface area (Å²) in [5.41, 5.74) is 2.25. The van der Waals surface area contributed by atoms with E-state index >= 15 is 0 Å². The van der Waals surface area contributed by atoms with Crippen molar-refractivity contribution in [3.8, 4) is 11.4 Å². The van der Waals surface area contributed by atoms with Crippen LogP contribution in [0, 0.1) is 10.1 Å². The number of amides is 1. The molecule has 4 rings (SSSR count). The Bertz CT molecular complexity index is 1390. The number of non-ortho nitro benzene ring substituents is 1. The van der Waals surface area contributed by atoms with E-state index in [0.717, 1.165) is 5.56 Å². The van der Waals surface area contributed by atoms with Crippen molar-refractivity contribution in [3.05, 3.63) is 100 Å². The van der Waals surface area contributed by atoms with Gasteiger partial charge in [-0.15, -0.1) is 10.2 Å². The molecule has 11 heteroatoms. The highest BCUT2D eigenvalue weighted by Gasteiger charge is 2.18. The van der Waals surface area contributed by atoms with Gasteiger partial charge in [0, 0.05) is 17.7 Å². The van der Waals surface area contributed by atoms with E-state index in [0.29, 0.717) is 28.8 Å². The van der Waals surface area contributed by atoms with Crippen LogP contribution in [0.15, 0.2) is 84.0 Å². The Balaban J connectivity index is 1.56.